The van der Waals surface area contributed by atoms with E-state index in [1.165, 1.54) is 19.2 Å². The number of phenols is 1. The molecule has 1 aromatic carbocycles. The number of ether oxygens (including phenoxy) is 1. The molecule has 3 N–H and O–H groups in total. The van der Waals surface area contributed by atoms with Crippen molar-refractivity contribution in [1.29, 1.82) is 0 Å². The minimum Gasteiger partial charge on any atom is -0.505 e. The van der Waals surface area contributed by atoms with Gasteiger partial charge in [-0.3, -0.25) is 0 Å². The molecule has 84 valence electrons. The Morgan fingerprint density at radius 1 is 1.47 bits per heavy atom. The SMILES string of the molecule is COc1ccc(O)c(F)c1CC(C)(C)N. The third-order valence-electron chi connectivity index (χ3n) is 2.03. The van der Waals surface area contributed by atoms with E-state index in [1.54, 1.807) is 13.8 Å². The van der Waals surface area contributed by atoms with Crippen LogP contribution in [0.3, 0.4) is 0 Å². The largest absolute Gasteiger partial charge is 0.505 e. The second kappa shape index (κ2) is 4.06. The van der Waals surface area contributed by atoms with E-state index in [4.69, 9.17) is 10.5 Å². The summed E-state index contributed by atoms with van der Waals surface area (Å²) in [6.07, 6.45) is 0.302. The van der Waals surface area contributed by atoms with Crippen LogP contribution in [0.25, 0.3) is 0 Å². The highest BCUT2D eigenvalue weighted by Gasteiger charge is 2.20. The fraction of sp³-hybridized carbons (Fsp3) is 0.455. The van der Waals surface area contributed by atoms with Crippen molar-refractivity contribution < 1.29 is 14.2 Å². The quantitative estimate of drug-likeness (QED) is 0.805. The first-order valence-corrected chi connectivity index (χ1v) is 4.68. The van der Waals surface area contributed by atoms with Crippen LogP contribution in [0.15, 0.2) is 12.1 Å². The molecule has 0 aliphatic carbocycles. The van der Waals surface area contributed by atoms with Crippen molar-refractivity contribution in [3.8, 4) is 11.5 Å². The summed E-state index contributed by atoms with van der Waals surface area (Å²) in [5.74, 6) is -0.633. The van der Waals surface area contributed by atoms with E-state index in [0.29, 0.717) is 17.7 Å². The van der Waals surface area contributed by atoms with Gasteiger partial charge in [0.1, 0.15) is 5.75 Å². The lowest BCUT2D eigenvalue weighted by Gasteiger charge is -2.20. The fourth-order valence-corrected chi connectivity index (χ4v) is 1.40. The van der Waals surface area contributed by atoms with Crippen LogP contribution in [0.1, 0.15) is 19.4 Å². The van der Waals surface area contributed by atoms with Gasteiger partial charge in [0.2, 0.25) is 0 Å². The van der Waals surface area contributed by atoms with Gasteiger partial charge in [-0.2, -0.15) is 0 Å². The van der Waals surface area contributed by atoms with Crippen LogP contribution in [0.4, 0.5) is 4.39 Å². The van der Waals surface area contributed by atoms with Crippen LogP contribution in [0, 0.1) is 5.82 Å². The number of halogens is 1. The first-order chi connectivity index (χ1) is 6.85. The van der Waals surface area contributed by atoms with E-state index in [-0.39, 0.29) is 5.75 Å². The Kier molecular flexibility index (Phi) is 3.19. The topological polar surface area (TPSA) is 55.5 Å². The molecular weight excluding hydrogens is 197 g/mol. The fourth-order valence-electron chi connectivity index (χ4n) is 1.40. The Labute approximate surface area is 88.7 Å². The van der Waals surface area contributed by atoms with Crippen molar-refractivity contribution >= 4 is 0 Å². The maximum Gasteiger partial charge on any atom is 0.171 e. The van der Waals surface area contributed by atoms with Gasteiger partial charge in [-0.05, 0) is 32.4 Å². The number of hydrogen-bond donors (Lipinski definition) is 2. The molecule has 0 bridgehead atoms. The monoisotopic (exact) mass is 213 g/mol. The average molecular weight is 213 g/mol. The number of methoxy groups -OCH3 is 1. The van der Waals surface area contributed by atoms with E-state index in [2.05, 4.69) is 0 Å². The second-order valence-corrected chi connectivity index (χ2v) is 4.24. The Hall–Kier alpha value is -1.29. The zero-order chi connectivity index (χ0) is 11.6. The molecule has 0 saturated carbocycles. The van der Waals surface area contributed by atoms with Crippen LogP contribution in [0.2, 0.25) is 0 Å². The number of aromatic hydroxyl groups is 1. The number of phenolic OH excluding ortho intramolecular Hbond substituents is 1. The number of hydrogen-bond acceptors (Lipinski definition) is 3. The van der Waals surface area contributed by atoms with Gasteiger partial charge in [0.05, 0.1) is 7.11 Å². The minimum absolute atomic E-state index is 0.302. The molecule has 0 aromatic heterocycles. The molecule has 0 aliphatic heterocycles. The highest BCUT2D eigenvalue weighted by Crippen LogP contribution is 2.30. The Morgan fingerprint density at radius 3 is 2.53 bits per heavy atom. The average Bonchev–Trinajstić information content (AvgIpc) is 2.11. The van der Waals surface area contributed by atoms with Crippen LogP contribution in [-0.4, -0.2) is 17.8 Å². The van der Waals surface area contributed by atoms with Gasteiger partial charge in [0, 0.05) is 11.1 Å². The molecule has 0 unspecified atom stereocenters. The first kappa shape index (κ1) is 11.8. The van der Waals surface area contributed by atoms with Crippen molar-refractivity contribution in [1.82, 2.24) is 0 Å². The molecule has 0 radical (unpaired) electrons. The molecule has 0 saturated heterocycles. The van der Waals surface area contributed by atoms with Crippen molar-refractivity contribution in [3.63, 3.8) is 0 Å². The number of nitrogens with two attached hydrogens (primary N) is 1. The molecule has 0 aliphatic rings. The van der Waals surface area contributed by atoms with Gasteiger partial charge in [0.15, 0.2) is 11.6 Å². The van der Waals surface area contributed by atoms with Gasteiger partial charge in [-0.15, -0.1) is 0 Å². The van der Waals surface area contributed by atoms with Crippen LogP contribution >= 0.6 is 0 Å². The molecule has 1 rings (SSSR count). The van der Waals surface area contributed by atoms with E-state index < -0.39 is 11.4 Å². The number of rotatable bonds is 3. The Balaban J connectivity index is 3.18. The molecule has 0 amide bonds. The first-order valence-electron chi connectivity index (χ1n) is 4.68. The Bertz CT molecular complexity index is 358. The summed E-state index contributed by atoms with van der Waals surface area (Å²) in [6.45, 7) is 3.58. The van der Waals surface area contributed by atoms with Gasteiger partial charge in [-0.25, -0.2) is 4.39 Å². The lowest BCUT2D eigenvalue weighted by Crippen LogP contribution is -2.34. The lowest BCUT2D eigenvalue weighted by atomic mass is 9.95. The normalized spacial score (nSPS) is 11.5. The molecule has 4 heteroatoms. The molecule has 3 nitrogen and oxygen atoms in total. The standard InChI is InChI=1S/C11H16FNO2/c1-11(2,13)6-7-9(15-3)5-4-8(14)10(7)12/h4-5,14H,6,13H2,1-3H3. The smallest absolute Gasteiger partial charge is 0.171 e. The summed E-state index contributed by atoms with van der Waals surface area (Å²) in [7, 11) is 1.46. The molecule has 0 atom stereocenters. The van der Waals surface area contributed by atoms with Crippen LogP contribution < -0.4 is 10.5 Å². The van der Waals surface area contributed by atoms with Crippen molar-refractivity contribution in [2.75, 3.05) is 7.11 Å². The third kappa shape index (κ3) is 2.83. The van der Waals surface area contributed by atoms with Gasteiger partial charge in [0.25, 0.3) is 0 Å². The molecule has 0 spiro atoms. The predicted molar refractivity (Wildman–Crippen MR) is 56.6 cm³/mol. The zero-order valence-electron chi connectivity index (χ0n) is 9.17. The van der Waals surface area contributed by atoms with Crippen molar-refractivity contribution in [2.24, 2.45) is 5.73 Å². The predicted octanol–water partition coefficient (Wildman–Crippen LogP) is 1.82. The van der Waals surface area contributed by atoms with Crippen molar-refractivity contribution in [2.45, 2.75) is 25.8 Å². The lowest BCUT2D eigenvalue weighted by molar-refractivity contribution is 0.381. The van der Waals surface area contributed by atoms with Gasteiger partial charge < -0.3 is 15.6 Å². The molecular formula is C11H16FNO2. The number of benzene rings is 1. The maximum absolute atomic E-state index is 13.6. The molecule has 1 aromatic rings. The van der Waals surface area contributed by atoms with Gasteiger partial charge in [-0.1, -0.05) is 0 Å². The second-order valence-electron chi connectivity index (χ2n) is 4.24. The summed E-state index contributed by atoms with van der Waals surface area (Å²) in [5, 5.41) is 9.25. The molecule has 15 heavy (non-hydrogen) atoms. The summed E-state index contributed by atoms with van der Waals surface area (Å²) in [5.41, 5.74) is 5.56. The van der Waals surface area contributed by atoms with E-state index in [1.807, 2.05) is 0 Å². The van der Waals surface area contributed by atoms with E-state index in [9.17, 15) is 9.50 Å². The molecule has 0 fully saturated rings. The highest BCUT2D eigenvalue weighted by atomic mass is 19.1. The summed E-state index contributed by atoms with van der Waals surface area (Å²) >= 11 is 0. The van der Waals surface area contributed by atoms with E-state index >= 15 is 0 Å². The Morgan fingerprint density at radius 2 is 2.07 bits per heavy atom. The third-order valence-corrected chi connectivity index (χ3v) is 2.03. The summed E-state index contributed by atoms with van der Waals surface area (Å²) < 4.78 is 18.6. The summed E-state index contributed by atoms with van der Waals surface area (Å²) in [4.78, 5) is 0. The van der Waals surface area contributed by atoms with Crippen molar-refractivity contribution in [3.05, 3.63) is 23.5 Å². The summed E-state index contributed by atoms with van der Waals surface area (Å²) in [6, 6.07) is 2.79. The maximum atomic E-state index is 13.6. The van der Waals surface area contributed by atoms with E-state index in [0.717, 1.165) is 0 Å². The van der Waals surface area contributed by atoms with Gasteiger partial charge >= 0.3 is 0 Å². The highest BCUT2D eigenvalue weighted by molar-refractivity contribution is 5.42. The van der Waals surface area contributed by atoms with Crippen LogP contribution in [-0.2, 0) is 6.42 Å². The molecule has 0 heterocycles. The zero-order valence-corrected chi connectivity index (χ0v) is 9.17. The minimum atomic E-state index is -0.659. The van der Waals surface area contributed by atoms with Crippen LogP contribution in [0.5, 0.6) is 11.5 Å².